The van der Waals surface area contributed by atoms with Crippen molar-refractivity contribution in [3.63, 3.8) is 0 Å². The van der Waals surface area contributed by atoms with Crippen molar-refractivity contribution in [2.45, 2.75) is 13.1 Å². The van der Waals surface area contributed by atoms with Gasteiger partial charge in [0.25, 0.3) is 5.91 Å². The van der Waals surface area contributed by atoms with Crippen LogP contribution in [-0.2, 0) is 13.1 Å². The number of ether oxygens (including phenoxy) is 2. The maximum Gasteiger partial charge on any atom is 0.253 e. The van der Waals surface area contributed by atoms with Gasteiger partial charge < -0.3 is 19.7 Å². The van der Waals surface area contributed by atoms with E-state index < -0.39 is 0 Å². The number of carbonyl (C=O) groups is 1. The number of rotatable bonds is 6. The number of benzene rings is 2. The molecule has 0 saturated carbocycles. The van der Waals surface area contributed by atoms with E-state index in [2.05, 4.69) is 22.4 Å². The molecule has 6 nitrogen and oxygen atoms in total. The van der Waals surface area contributed by atoms with Gasteiger partial charge in [-0.25, -0.2) is 4.98 Å². The van der Waals surface area contributed by atoms with E-state index in [1.54, 1.807) is 12.3 Å². The van der Waals surface area contributed by atoms with E-state index in [0.29, 0.717) is 17.9 Å². The van der Waals surface area contributed by atoms with Crippen LogP contribution >= 0.6 is 0 Å². The minimum Gasteiger partial charge on any atom is -0.454 e. The highest BCUT2D eigenvalue weighted by Gasteiger charge is 2.14. The average Bonchev–Trinajstić information content (AvgIpc) is 3.21. The largest absolute Gasteiger partial charge is 0.454 e. The van der Waals surface area contributed by atoms with Gasteiger partial charge in [-0.2, -0.15) is 0 Å². The summed E-state index contributed by atoms with van der Waals surface area (Å²) in [5.74, 6) is 2.09. The Labute approximate surface area is 163 Å². The first-order chi connectivity index (χ1) is 13.7. The molecule has 4 rings (SSSR count). The molecule has 0 aliphatic carbocycles. The third-order valence-corrected chi connectivity index (χ3v) is 4.55. The van der Waals surface area contributed by atoms with Crippen molar-refractivity contribution in [1.82, 2.24) is 10.3 Å². The number of nitrogens with one attached hydrogen (secondary N) is 1. The highest BCUT2D eigenvalue weighted by atomic mass is 16.7. The van der Waals surface area contributed by atoms with Crippen LogP contribution in [0, 0.1) is 0 Å². The van der Waals surface area contributed by atoms with Crippen molar-refractivity contribution in [3.8, 4) is 11.5 Å². The lowest BCUT2D eigenvalue weighted by Crippen LogP contribution is -2.23. The lowest BCUT2D eigenvalue weighted by Gasteiger charge is -2.18. The first-order valence-electron chi connectivity index (χ1n) is 9.07. The Morgan fingerprint density at radius 3 is 2.64 bits per heavy atom. The van der Waals surface area contributed by atoms with E-state index in [1.165, 1.54) is 5.56 Å². The lowest BCUT2D eigenvalue weighted by atomic mass is 10.2. The normalized spacial score (nSPS) is 11.9. The molecule has 0 saturated heterocycles. The minimum atomic E-state index is -0.164. The number of anilines is 1. The fourth-order valence-corrected chi connectivity index (χ4v) is 3.02. The van der Waals surface area contributed by atoms with Crippen molar-refractivity contribution in [3.05, 3.63) is 83.6 Å². The Balaban J connectivity index is 1.34. The van der Waals surface area contributed by atoms with Gasteiger partial charge in [0.2, 0.25) is 6.79 Å². The van der Waals surface area contributed by atoms with Gasteiger partial charge in [-0.15, -0.1) is 0 Å². The number of fused-ring (bicyclic) bond motifs is 1. The van der Waals surface area contributed by atoms with Crippen molar-refractivity contribution in [1.29, 1.82) is 0 Å². The van der Waals surface area contributed by atoms with E-state index in [9.17, 15) is 4.79 Å². The number of pyridine rings is 1. The molecule has 2 heterocycles. The second-order valence-corrected chi connectivity index (χ2v) is 6.62. The Morgan fingerprint density at radius 2 is 1.86 bits per heavy atom. The van der Waals surface area contributed by atoms with Crippen LogP contribution in [0.2, 0.25) is 0 Å². The molecule has 1 N–H and O–H groups in total. The summed E-state index contributed by atoms with van der Waals surface area (Å²) >= 11 is 0. The third kappa shape index (κ3) is 4.06. The molecule has 0 spiro atoms. The fourth-order valence-electron chi connectivity index (χ4n) is 3.02. The van der Waals surface area contributed by atoms with Crippen LogP contribution in [0.1, 0.15) is 21.5 Å². The molecule has 2 aromatic carbocycles. The lowest BCUT2D eigenvalue weighted by molar-refractivity contribution is 0.0950. The van der Waals surface area contributed by atoms with Crippen molar-refractivity contribution >= 4 is 11.7 Å². The summed E-state index contributed by atoms with van der Waals surface area (Å²) in [7, 11) is 1.98. The zero-order valence-electron chi connectivity index (χ0n) is 15.6. The number of carbonyl (C=O) groups excluding carboxylic acids is 1. The molecule has 0 fully saturated rings. The molecular formula is C22H21N3O3. The average molecular weight is 375 g/mol. The van der Waals surface area contributed by atoms with Crippen molar-refractivity contribution in [2.24, 2.45) is 0 Å². The van der Waals surface area contributed by atoms with E-state index in [4.69, 9.17) is 9.47 Å². The van der Waals surface area contributed by atoms with Gasteiger partial charge in [0, 0.05) is 26.3 Å². The molecule has 0 radical (unpaired) electrons. The van der Waals surface area contributed by atoms with E-state index in [-0.39, 0.29) is 12.7 Å². The number of hydrogen-bond acceptors (Lipinski definition) is 5. The van der Waals surface area contributed by atoms with Gasteiger partial charge >= 0.3 is 0 Å². The first-order valence-corrected chi connectivity index (χ1v) is 9.07. The fraction of sp³-hybridized carbons (Fsp3) is 0.182. The van der Waals surface area contributed by atoms with Crippen molar-refractivity contribution < 1.29 is 14.3 Å². The molecule has 3 aromatic rings. The van der Waals surface area contributed by atoms with Crippen LogP contribution < -0.4 is 19.7 Å². The van der Waals surface area contributed by atoms with Crippen molar-refractivity contribution in [2.75, 3.05) is 18.7 Å². The Kier molecular flexibility index (Phi) is 5.10. The van der Waals surface area contributed by atoms with Gasteiger partial charge in [0.1, 0.15) is 5.82 Å². The third-order valence-electron chi connectivity index (χ3n) is 4.55. The van der Waals surface area contributed by atoms with E-state index in [1.807, 2.05) is 54.4 Å². The van der Waals surface area contributed by atoms with E-state index in [0.717, 1.165) is 23.7 Å². The van der Waals surface area contributed by atoms with Crippen LogP contribution in [0.25, 0.3) is 0 Å². The van der Waals surface area contributed by atoms with Crippen LogP contribution in [-0.4, -0.2) is 24.7 Å². The quantitative estimate of drug-likeness (QED) is 0.716. The number of aromatic nitrogens is 1. The minimum absolute atomic E-state index is 0.164. The first kappa shape index (κ1) is 17.9. The molecule has 0 bridgehead atoms. The summed E-state index contributed by atoms with van der Waals surface area (Å²) in [6.07, 6.45) is 1.60. The summed E-state index contributed by atoms with van der Waals surface area (Å²) in [5.41, 5.74) is 2.68. The predicted molar refractivity (Wildman–Crippen MR) is 107 cm³/mol. The smallest absolute Gasteiger partial charge is 0.253 e. The standard InChI is InChI=1S/C22H21N3O3/c1-25(14-16-5-3-2-4-6-16)21-10-8-18(13-23-21)22(26)24-12-17-7-9-19-20(11-17)28-15-27-19/h2-11,13H,12,14-15H2,1H3,(H,24,26). The number of hydrogen-bond donors (Lipinski definition) is 1. The second-order valence-electron chi connectivity index (χ2n) is 6.62. The summed E-state index contributed by atoms with van der Waals surface area (Å²) < 4.78 is 10.7. The maximum absolute atomic E-state index is 12.4. The van der Waals surface area contributed by atoms with Gasteiger partial charge in [-0.1, -0.05) is 36.4 Å². The van der Waals surface area contributed by atoms with Gasteiger partial charge in [-0.3, -0.25) is 4.79 Å². The zero-order chi connectivity index (χ0) is 19.3. The molecule has 0 unspecified atom stereocenters. The zero-order valence-corrected chi connectivity index (χ0v) is 15.6. The van der Waals surface area contributed by atoms with E-state index >= 15 is 0 Å². The second kappa shape index (κ2) is 8.00. The molecule has 1 aliphatic rings. The Hall–Kier alpha value is -3.54. The Bertz CT molecular complexity index is 959. The Morgan fingerprint density at radius 1 is 1.04 bits per heavy atom. The monoisotopic (exact) mass is 375 g/mol. The number of nitrogens with zero attached hydrogens (tertiary/aromatic N) is 2. The predicted octanol–water partition coefficient (Wildman–Crippen LogP) is 3.38. The van der Waals surface area contributed by atoms with Gasteiger partial charge in [-0.05, 0) is 35.4 Å². The van der Waals surface area contributed by atoms with Crippen LogP contribution in [0.5, 0.6) is 11.5 Å². The van der Waals surface area contributed by atoms with Gasteiger partial charge in [0.15, 0.2) is 11.5 Å². The summed E-state index contributed by atoms with van der Waals surface area (Å²) in [6.45, 7) is 1.40. The summed E-state index contributed by atoms with van der Waals surface area (Å²) in [4.78, 5) is 18.9. The van der Waals surface area contributed by atoms with Crippen LogP contribution in [0.3, 0.4) is 0 Å². The topological polar surface area (TPSA) is 63.7 Å². The molecule has 28 heavy (non-hydrogen) atoms. The van der Waals surface area contributed by atoms with Gasteiger partial charge in [0.05, 0.1) is 5.56 Å². The van der Waals surface area contributed by atoms with Crippen LogP contribution in [0.15, 0.2) is 66.9 Å². The highest BCUT2D eigenvalue weighted by molar-refractivity contribution is 5.94. The molecule has 142 valence electrons. The SMILES string of the molecule is CN(Cc1ccccc1)c1ccc(C(=O)NCc2ccc3c(c2)OCO3)cn1. The molecule has 6 heteroatoms. The maximum atomic E-state index is 12.4. The molecule has 1 aliphatic heterocycles. The highest BCUT2D eigenvalue weighted by Crippen LogP contribution is 2.32. The molecule has 1 amide bonds. The number of amides is 1. The molecular weight excluding hydrogens is 354 g/mol. The molecule has 0 atom stereocenters. The molecule has 1 aromatic heterocycles. The summed E-state index contributed by atoms with van der Waals surface area (Å²) in [5, 5.41) is 2.91. The van der Waals surface area contributed by atoms with Crippen LogP contribution in [0.4, 0.5) is 5.82 Å². The summed E-state index contributed by atoms with van der Waals surface area (Å²) in [6, 6.07) is 19.5.